The summed E-state index contributed by atoms with van der Waals surface area (Å²) >= 11 is 1.53. The van der Waals surface area contributed by atoms with E-state index in [9.17, 15) is 4.79 Å². The van der Waals surface area contributed by atoms with Crippen LogP contribution in [-0.4, -0.2) is 19.5 Å². The summed E-state index contributed by atoms with van der Waals surface area (Å²) in [6.45, 7) is 4.51. The normalized spacial score (nSPS) is 11.6. The lowest BCUT2D eigenvalue weighted by atomic mass is 10.2. The average molecular weight is 388 g/mol. The molecule has 5 rings (SSSR count). The van der Waals surface area contributed by atoms with Crippen molar-refractivity contribution in [2.45, 2.75) is 17.5 Å². The summed E-state index contributed by atoms with van der Waals surface area (Å²) in [5.74, 6) is 1.08. The Balaban J connectivity index is 1.53. The molecule has 0 saturated carbocycles. The molecule has 0 saturated heterocycles. The van der Waals surface area contributed by atoms with Crippen molar-refractivity contribution in [3.63, 3.8) is 0 Å². The fraction of sp³-hybridized carbons (Fsp3) is 0.0952. The molecular weight excluding hydrogens is 372 g/mol. The van der Waals surface area contributed by atoms with Crippen molar-refractivity contribution in [2.75, 3.05) is 0 Å². The van der Waals surface area contributed by atoms with Crippen molar-refractivity contribution >= 4 is 44.9 Å². The highest BCUT2D eigenvalue weighted by Crippen LogP contribution is 2.28. The van der Waals surface area contributed by atoms with Crippen LogP contribution in [0.2, 0.25) is 0 Å². The van der Waals surface area contributed by atoms with Crippen LogP contribution in [0.3, 0.4) is 0 Å². The van der Waals surface area contributed by atoms with Gasteiger partial charge < -0.3 is 14.0 Å². The zero-order chi connectivity index (χ0) is 19.1. The molecule has 6 nitrogen and oxygen atoms in total. The van der Waals surface area contributed by atoms with E-state index in [1.54, 1.807) is 0 Å². The molecule has 0 unspecified atom stereocenters. The van der Waals surface area contributed by atoms with Gasteiger partial charge in [0.1, 0.15) is 16.9 Å². The predicted molar refractivity (Wildman–Crippen MR) is 112 cm³/mol. The second kappa shape index (κ2) is 6.69. The molecule has 0 atom stereocenters. The zero-order valence-electron chi connectivity index (χ0n) is 14.9. The van der Waals surface area contributed by atoms with Crippen molar-refractivity contribution in [3.8, 4) is 0 Å². The van der Waals surface area contributed by atoms with Gasteiger partial charge in [-0.05, 0) is 24.3 Å². The number of hydrogen-bond donors (Lipinski definition) is 1. The second-order valence-electron chi connectivity index (χ2n) is 6.36. The largest absolute Gasteiger partial charge is 0.449 e. The molecular formula is C21H16N4O2S. The highest BCUT2D eigenvalue weighted by atomic mass is 32.2. The van der Waals surface area contributed by atoms with E-state index in [-0.39, 0.29) is 11.1 Å². The number of nitrogens with one attached hydrogen (secondary N) is 1. The van der Waals surface area contributed by atoms with Crippen LogP contribution in [-0.2, 0) is 12.3 Å². The Morgan fingerprint density at radius 2 is 1.96 bits per heavy atom. The number of H-pyrrole nitrogens is 1. The van der Waals surface area contributed by atoms with Crippen molar-refractivity contribution in [1.29, 1.82) is 0 Å². The monoisotopic (exact) mass is 388 g/mol. The lowest BCUT2D eigenvalue weighted by Gasteiger charge is -2.05. The smallest absolute Gasteiger partial charge is 0.294 e. The standard InChI is InChI=1S/C21H16N4O2S/c1-2-11-25-15-9-5-4-8-14(15)22-21(25)28-12-17-23-18-13-7-3-6-10-16(13)27-19(18)20(26)24-17/h2-10H,1,11-12H2,(H,23,24,26). The highest BCUT2D eigenvalue weighted by molar-refractivity contribution is 7.98. The first-order valence-electron chi connectivity index (χ1n) is 8.84. The second-order valence-corrected chi connectivity index (χ2v) is 7.30. The Hall–Kier alpha value is -3.32. The highest BCUT2D eigenvalue weighted by Gasteiger charge is 2.15. The fourth-order valence-electron chi connectivity index (χ4n) is 3.32. The summed E-state index contributed by atoms with van der Waals surface area (Å²) in [4.78, 5) is 24.6. The van der Waals surface area contributed by atoms with Gasteiger partial charge in [-0.2, -0.15) is 0 Å². The van der Waals surface area contributed by atoms with Crippen LogP contribution < -0.4 is 5.56 Å². The van der Waals surface area contributed by atoms with Crippen molar-refractivity contribution in [3.05, 3.63) is 77.4 Å². The van der Waals surface area contributed by atoms with Gasteiger partial charge in [0.05, 0.1) is 16.8 Å². The fourth-order valence-corrected chi connectivity index (χ4v) is 4.21. The van der Waals surface area contributed by atoms with Crippen LogP contribution in [0.1, 0.15) is 5.82 Å². The zero-order valence-corrected chi connectivity index (χ0v) is 15.7. The van der Waals surface area contributed by atoms with Crippen LogP contribution >= 0.6 is 11.8 Å². The Morgan fingerprint density at radius 3 is 2.86 bits per heavy atom. The maximum atomic E-state index is 12.5. The Labute approximate surface area is 163 Å². The number of allylic oxidation sites excluding steroid dienone is 1. The number of aromatic nitrogens is 4. The van der Waals surface area contributed by atoms with Gasteiger partial charge in [0.2, 0.25) is 5.58 Å². The third-order valence-electron chi connectivity index (χ3n) is 4.55. The molecule has 0 radical (unpaired) electrons. The lowest BCUT2D eigenvalue weighted by molar-refractivity contribution is 0.660. The summed E-state index contributed by atoms with van der Waals surface area (Å²) in [5, 5.41) is 1.70. The van der Waals surface area contributed by atoms with Gasteiger partial charge in [0.15, 0.2) is 5.16 Å². The van der Waals surface area contributed by atoms with Gasteiger partial charge in [-0.3, -0.25) is 4.79 Å². The van der Waals surface area contributed by atoms with Gasteiger partial charge in [-0.25, -0.2) is 9.97 Å². The van der Waals surface area contributed by atoms with Gasteiger partial charge in [0.25, 0.3) is 5.56 Å². The van der Waals surface area contributed by atoms with Crippen LogP contribution in [0.4, 0.5) is 0 Å². The number of rotatable bonds is 5. The third kappa shape index (κ3) is 2.71. The molecule has 7 heteroatoms. The Kier molecular flexibility index (Phi) is 4.02. The number of para-hydroxylation sites is 3. The number of hydrogen-bond acceptors (Lipinski definition) is 5. The number of furan rings is 1. The SMILES string of the molecule is C=CCn1c(SCc2nc3c(oc4ccccc43)c(=O)[nH]2)nc2ccccc21. The average Bonchev–Trinajstić information content (AvgIpc) is 3.26. The first kappa shape index (κ1) is 16.8. The van der Waals surface area contributed by atoms with Gasteiger partial charge >= 0.3 is 0 Å². The molecule has 5 aromatic rings. The Morgan fingerprint density at radius 1 is 1.14 bits per heavy atom. The van der Waals surface area contributed by atoms with Gasteiger partial charge in [-0.1, -0.05) is 42.1 Å². The number of benzene rings is 2. The molecule has 3 aromatic heterocycles. The van der Waals surface area contributed by atoms with Gasteiger partial charge in [0, 0.05) is 11.9 Å². The van der Waals surface area contributed by atoms with Crippen LogP contribution in [0.5, 0.6) is 0 Å². The summed E-state index contributed by atoms with van der Waals surface area (Å²) in [7, 11) is 0. The third-order valence-corrected chi connectivity index (χ3v) is 5.54. The molecule has 0 aliphatic heterocycles. The first-order chi connectivity index (χ1) is 13.7. The molecule has 28 heavy (non-hydrogen) atoms. The van der Waals surface area contributed by atoms with Crippen molar-refractivity contribution in [1.82, 2.24) is 19.5 Å². The topological polar surface area (TPSA) is 76.7 Å². The molecule has 0 bridgehead atoms. The minimum absolute atomic E-state index is 0.258. The van der Waals surface area contributed by atoms with E-state index in [2.05, 4.69) is 21.1 Å². The molecule has 0 spiro atoms. The van der Waals surface area contributed by atoms with E-state index in [0.717, 1.165) is 21.6 Å². The number of fused-ring (bicyclic) bond motifs is 4. The number of imidazole rings is 1. The molecule has 138 valence electrons. The molecule has 0 aliphatic carbocycles. The number of thioether (sulfide) groups is 1. The number of nitrogens with zero attached hydrogens (tertiary/aromatic N) is 3. The van der Waals surface area contributed by atoms with Crippen molar-refractivity contribution < 1.29 is 4.42 Å². The predicted octanol–water partition coefficient (Wildman–Crippen LogP) is 4.50. The number of aromatic amines is 1. The molecule has 0 fully saturated rings. The minimum atomic E-state index is -0.267. The summed E-state index contributed by atoms with van der Waals surface area (Å²) < 4.78 is 7.76. The summed E-state index contributed by atoms with van der Waals surface area (Å²) in [6.07, 6.45) is 1.85. The van der Waals surface area contributed by atoms with E-state index in [4.69, 9.17) is 9.40 Å². The maximum absolute atomic E-state index is 12.5. The van der Waals surface area contributed by atoms with Crippen LogP contribution in [0.15, 0.2) is 75.6 Å². The first-order valence-corrected chi connectivity index (χ1v) is 9.82. The molecule has 3 heterocycles. The van der Waals surface area contributed by atoms with E-state index in [1.807, 2.05) is 54.6 Å². The molecule has 0 aliphatic rings. The van der Waals surface area contributed by atoms with Crippen LogP contribution in [0, 0.1) is 0 Å². The van der Waals surface area contributed by atoms with Crippen molar-refractivity contribution in [2.24, 2.45) is 0 Å². The van der Waals surface area contributed by atoms with Gasteiger partial charge in [-0.15, -0.1) is 6.58 Å². The lowest BCUT2D eigenvalue weighted by Crippen LogP contribution is -2.10. The quantitative estimate of drug-likeness (QED) is 0.354. The summed E-state index contributed by atoms with van der Waals surface area (Å²) in [6, 6.07) is 15.5. The Bertz CT molecular complexity index is 1400. The van der Waals surface area contributed by atoms with E-state index in [0.29, 0.717) is 29.2 Å². The molecule has 1 N–H and O–H groups in total. The maximum Gasteiger partial charge on any atom is 0.294 e. The van der Waals surface area contributed by atoms with E-state index in [1.165, 1.54) is 11.8 Å². The minimum Gasteiger partial charge on any atom is -0.449 e. The summed E-state index contributed by atoms with van der Waals surface area (Å²) in [5.41, 5.74) is 3.24. The molecule has 2 aromatic carbocycles. The van der Waals surface area contributed by atoms with E-state index < -0.39 is 0 Å². The molecule has 0 amide bonds. The van der Waals surface area contributed by atoms with E-state index >= 15 is 0 Å². The van der Waals surface area contributed by atoms with Crippen LogP contribution in [0.25, 0.3) is 33.1 Å².